The molecule has 0 saturated carbocycles. The maximum absolute atomic E-state index is 12.0. The topological polar surface area (TPSA) is 71.1 Å². The van der Waals surface area contributed by atoms with E-state index in [4.69, 9.17) is 0 Å². The fourth-order valence-corrected chi connectivity index (χ4v) is 3.18. The summed E-state index contributed by atoms with van der Waals surface area (Å²) < 4.78 is 27.3. The Morgan fingerprint density at radius 3 is 2.84 bits per heavy atom. The molecule has 0 radical (unpaired) electrons. The zero-order chi connectivity index (χ0) is 13.0. The summed E-state index contributed by atoms with van der Waals surface area (Å²) in [5.41, 5.74) is 1.11. The summed E-state index contributed by atoms with van der Waals surface area (Å²) in [6.45, 7) is 2.05. The van der Waals surface area contributed by atoms with Crippen LogP contribution in [-0.2, 0) is 10.0 Å². The number of pyridine rings is 1. The van der Waals surface area contributed by atoms with Crippen molar-refractivity contribution in [2.24, 2.45) is 0 Å². The molecule has 2 heterocycles. The third-order valence-corrected chi connectivity index (χ3v) is 4.44. The van der Waals surface area contributed by atoms with Gasteiger partial charge in [-0.1, -0.05) is 11.6 Å². The van der Waals surface area contributed by atoms with Gasteiger partial charge in [0.2, 0.25) is 10.0 Å². The first-order chi connectivity index (χ1) is 8.58. The molecule has 106 valence electrons. The van der Waals surface area contributed by atoms with Crippen molar-refractivity contribution in [1.29, 1.82) is 0 Å². The molecule has 0 aliphatic carbocycles. The van der Waals surface area contributed by atoms with Gasteiger partial charge in [0.05, 0.1) is 0 Å². The van der Waals surface area contributed by atoms with Crippen molar-refractivity contribution in [3.8, 4) is 0 Å². The fraction of sp³-hybridized carbons (Fsp3) is 0.364. The van der Waals surface area contributed by atoms with Crippen LogP contribution in [0.5, 0.6) is 0 Å². The Hall–Kier alpha value is -0.470. The van der Waals surface area contributed by atoms with Gasteiger partial charge in [-0.25, -0.2) is 13.1 Å². The normalized spacial score (nSPS) is 15.5. The van der Waals surface area contributed by atoms with E-state index in [1.165, 1.54) is 12.3 Å². The summed E-state index contributed by atoms with van der Waals surface area (Å²) >= 11 is 3.21. The minimum atomic E-state index is -3.49. The lowest BCUT2D eigenvalue weighted by Crippen LogP contribution is -2.29. The van der Waals surface area contributed by atoms with E-state index in [1.807, 2.05) is 6.08 Å². The second kappa shape index (κ2) is 7.35. The van der Waals surface area contributed by atoms with Crippen molar-refractivity contribution in [2.45, 2.75) is 11.3 Å². The maximum Gasteiger partial charge on any atom is 0.242 e. The number of nitrogens with zero attached hydrogens (tertiary/aromatic N) is 1. The first-order valence-electron chi connectivity index (χ1n) is 5.57. The summed E-state index contributed by atoms with van der Waals surface area (Å²) in [7, 11) is -3.49. The highest BCUT2D eigenvalue weighted by Gasteiger charge is 2.15. The van der Waals surface area contributed by atoms with Crippen molar-refractivity contribution in [2.75, 3.05) is 19.6 Å². The molecule has 1 aromatic rings. The van der Waals surface area contributed by atoms with E-state index in [9.17, 15) is 8.42 Å². The molecular weight excluding hydrogens is 354 g/mol. The summed E-state index contributed by atoms with van der Waals surface area (Å²) in [5, 5.41) is 3.18. The molecule has 0 aromatic carbocycles. The van der Waals surface area contributed by atoms with Gasteiger partial charge in [0.15, 0.2) is 0 Å². The van der Waals surface area contributed by atoms with Crippen LogP contribution in [0.15, 0.2) is 39.5 Å². The predicted molar refractivity (Wildman–Crippen MR) is 79.9 cm³/mol. The van der Waals surface area contributed by atoms with Gasteiger partial charge >= 0.3 is 0 Å². The number of hydrogen-bond donors (Lipinski definition) is 2. The van der Waals surface area contributed by atoms with Crippen LogP contribution in [0, 0.1) is 0 Å². The van der Waals surface area contributed by atoms with Crippen molar-refractivity contribution in [1.82, 2.24) is 15.0 Å². The van der Waals surface area contributed by atoms with Crippen LogP contribution in [0.4, 0.5) is 0 Å². The van der Waals surface area contributed by atoms with E-state index >= 15 is 0 Å². The van der Waals surface area contributed by atoms with Gasteiger partial charge in [0, 0.05) is 30.0 Å². The van der Waals surface area contributed by atoms with Crippen molar-refractivity contribution < 1.29 is 8.42 Å². The van der Waals surface area contributed by atoms with E-state index in [-0.39, 0.29) is 17.3 Å². The molecule has 0 atom stereocenters. The highest BCUT2D eigenvalue weighted by molar-refractivity contribution is 9.10. The summed E-state index contributed by atoms with van der Waals surface area (Å²) in [5.74, 6) is 0. The molecule has 19 heavy (non-hydrogen) atoms. The molecule has 5 nitrogen and oxygen atoms in total. The predicted octanol–water partition coefficient (Wildman–Crippen LogP) is 1.46. The molecule has 8 heteroatoms. The number of hydrogen-bond acceptors (Lipinski definition) is 4. The highest BCUT2D eigenvalue weighted by atomic mass is 79.9. The van der Waals surface area contributed by atoms with Crippen LogP contribution in [0.3, 0.4) is 0 Å². The van der Waals surface area contributed by atoms with Gasteiger partial charge in [0.25, 0.3) is 0 Å². The highest BCUT2D eigenvalue weighted by Crippen LogP contribution is 2.14. The monoisotopic (exact) mass is 367 g/mol. The Balaban J connectivity index is 0.00000180. The van der Waals surface area contributed by atoms with E-state index in [0.29, 0.717) is 11.0 Å². The van der Waals surface area contributed by atoms with Gasteiger partial charge in [-0.05, 0) is 35.0 Å². The fourth-order valence-electron chi connectivity index (χ4n) is 1.64. The van der Waals surface area contributed by atoms with Crippen molar-refractivity contribution >= 4 is 38.4 Å². The summed E-state index contributed by atoms with van der Waals surface area (Å²) in [6.07, 6.45) is 5.78. The number of sulfonamides is 1. The Bertz CT molecular complexity index is 563. The Morgan fingerprint density at radius 2 is 2.21 bits per heavy atom. The number of nitrogens with one attached hydrogen (secondary N) is 2. The molecule has 2 N–H and O–H groups in total. The van der Waals surface area contributed by atoms with Crippen molar-refractivity contribution in [3.05, 3.63) is 34.6 Å². The molecule has 1 aliphatic heterocycles. The Labute approximate surface area is 127 Å². The molecule has 0 amide bonds. The number of aromatic nitrogens is 1. The average Bonchev–Trinajstić information content (AvgIpc) is 2.38. The SMILES string of the molecule is Cl.O=S(=O)(NCC1=CCNCC1)c1cncc(Br)c1. The smallest absolute Gasteiger partial charge is 0.242 e. The average molecular weight is 369 g/mol. The van der Waals surface area contributed by atoms with Crippen LogP contribution >= 0.6 is 28.3 Å². The summed E-state index contributed by atoms with van der Waals surface area (Å²) in [4.78, 5) is 4.03. The molecule has 0 bridgehead atoms. The number of rotatable bonds is 4. The molecule has 0 spiro atoms. The van der Waals surface area contributed by atoms with Crippen LogP contribution in [0.25, 0.3) is 0 Å². The lowest BCUT2D eigenvalue weighted by molar-refractivity contribution is 0.581. The zero-order valence-electron chi connectivity index (χ0n) is 10.1. The van der Waals surface area contributed by atoms with Crippen LogP contribution in [0.2, 0.25) is 0 Å². The van der Waals surface area contributed by atoms with Crippen molar-refractivity contribution in [3.63, 3.8) is 0 Å². The Kier molecular flexibility index (Phi) is 6.41. The summed E-state index contributed by atoms with van der Waals surface area (Å²) in [6, 6.07) is 1.53. The first-order valence-corrected chi connectivity index (χ1v) is 7.84. The molecular formula is C11H15BrClN3O2S. The van der Waals surface area contributed by atoms with E-state index < -0.39 is 10.0 Å². The van der Waals surface area contributed by atoms with Crippen LogP contribution in [0.1, 0.15) is 6.42 Å². The molecule has 0 unspecified atom stereocenters. The van der Waals surface area contributed by atoms with E-state index in [1.54, 1.807) is 6.20 Å². The van der Waals surface area contributed by atoms with Gasteiger partial charge in [0.1, 0.15) is 4.90 Å². The number of halogens is 2. The lowest BCUT2D eigenvalue weighted by atomic mass is 10.1. The first kappa shape index (κ1) is 16.6. The van der Waals surface area contributed by atoms with Gasteiger partial charge in [-0.2, -0.15) is 0 Å². The lowest BCUT2D eigenvalue weighted by Gasteiger charge is -2.14. The maximum atomic E-state index is 12.0. The molecule has 1 aromatic heterocycles. The van der Waals surface area contributed by atoms with Crippen LogP contribution in [-0.4, -0.2) is 33.0 Å². The third-order valence-electron chi connectivity index (χ3n) is 2.64. The molecule has 0 saturated heterocycles. The molecule has 1 aliphatic rings. The largest absolute Gasteiger partial charge is 0.313 e. The van der Waals surface area contributed by atoms with Gasteiger partial charge < -0.3 is 5.32 Å². The third kappa shape index (κ3) is 4.85. The minimum absolute atomic E-state index is 0. The van der Waals surface area contributed by atoms with E-state index in [0.717, 1.165) is 25.1 Å². The standard InChI is InChI=1S/C11H14BrN3O2S.ClH/c12-10-5-11(8-14-7-10)18(16,17)15-6-9-1-3-13-4-2-9;/h1,5,7-8,13,15H,2-4,6H2;1H. The molecule has 2 rings (SSSR count). The molecule has 0 fully saturated rings. The van der Waals surface area contributed by atoms with Crippen LogP contribution < -0.4 is 10.0 Å². The quantitative estimate of drug-likeness (QED) is 0.790. The second-order valence-electron chi connectivity index (χ2n) is 3.98. The minimum Gasteiger partial charge on any atom is -0.313 e. The van der Waals surface area contributed by atoms with Gasteiger partial charge in [-0.3, -0.25) is 4.98 Å². The zero-order valence-corrected chi connectivity index (χ0v) is 13.3. The Morgan fingerprint density at radius 1 is 1.42 bits per heavy atom. The second-order valence-corrected chi connectivity index (χ2v) is 6.66. The van der Waals surface area contributed by atoms with Gasteiger partial charge in [-0.15, -0.1) is 12.4 Å². The van der Waals surface area contributed by atoms with E-state index in [2.05, 4.69) is 31.0 Å².